The lowest BCUT2D eigenvalue weighted by Crippen LogP contribution is -2.26. The Bertz CT molecular complexity index is 910. The van der Waals surface area contributed by atoms with Crippen LogP contribution in [0.5, 0.6) is 0 Å². The number of carbonyl (C=O) groups is 1. The summed E-state index contributed by atoms with van der Waals surface area (Å²) in [6.45, 7) is 8.16. The predicted octanol–water partition coefficient (Wildman–Crippen LogP) is 2.19. The van der Waals surface area contributed by atoms with E-state index >= 15 is 0 Å². The first-order chi connectivity index (χ1) is 13.1. The first-order valence-corrected chi connectivity index (χ1v) is 8.57. The second-order valence-electron chi connectivity index (χ2n) is 6.59. The topological polar surface area (TPSA) is 86.2 Å². The Kier molecular flexibility index (Phi) is 4.24. The van der Waals surface area contributed by atoms with E-state index in [1.165, 1.54) is 13.3 Å². The second kappa shape index (κ2) is 6.72. The van der Waals surface area contributed by atoms with Crippen molar-refractivity contribution in [3.8, 4) is 0 Å². The minimum atomic E-state index is -0.389. The summed E-state index contributed by atoms with van der Waals surface area (Å²) in [5.41, 5.74) is 1.99. The van der Waals surface area contributed by atoms with Crippen molar-refractivity contribution in [2.75, 3.05) is 18.6 Å². The van der Waals surface area contributed by atoms with Gasteiger partial charge in [-0.2, -0.15) is 0 Å². The number of hydrogen-bond donors (Lipinski definition) is 0. The van der Waals surface area contributed by atoms with E-state index < -0.39 is 0 Å². The fourth-order valence-electron chi connectivity index (χ4n) is 3.14. The number of nitrogens with zero attached hydrogens (tertiary/aromatic N) is 6. The van der Waals surface area contributed by atoms with Gasteiger partial charge in [0.15, 0.2) is 0 Å². The Balaban J connectivity index is 1.41. The predicted molar refractivity (Wildman–Crippen MR) is 96.2 cm³/mol. The van der Waals surface area contributed by atoms with Crippen LogP contribution in [-0.4, -0.2) is 47.1 Å². The summed E-state index contributed by atoms with van der Waals surface area (Å²) in [7, 11) is 1.45. The molecule has 1 amide bonds. The van der Waals surface area contributed by atoms with Crippen LogP contribution in [0.4, 0.5) is 10.5 Å². The van der Waals surface area contributed by atoms with Crippen molar-refractivity contribution >= 4 is 18.0 Å². The van der Waals surface area contributed by atoms with Crippen LogP contribution in [0.3, 0.4) is 0 Å². The van der Waals surface area contributed by atoms with E-state index in [1.807, 2.05) is 24.3 Å². The van der Waals surface area contributed by atoms with E-state index in [-0.39, 0.29) is 17.7 Å². The number of anilines is 1. The average Bonchev–Trinajstić information content (AvgIpc) is 3.23. The zero-order valence-electron chi connectivity index (χ0n) is 14.8. The van der Waals surface area contributed by atoms with Gasteiger partial charge in [0.1, 0.15) is 18.9 Å². The first-order valence-electron chi connectivity index (χ1n) is 8.57. The standard InChI is InChI=1S/C18H18N6O3/c1-19-18(7-8-18)13-3-5-15(6-4-13)24-12-16(27-17(24)25)11-23-10-14(21-22-23)9-20-26-2/h3-6,9-10,16H,7-8,11-12H2,2H3/b20-9-/t16-/m0/s1. The first kappa shape index (κ1) is 17.0. The zero-order valence-corrected chi connectivity index (χ0v) is 14.8. The summed E-state index contributed by atoms with van der Waals surface area (Å²) in [6, 6.07) is 7.61. The number of amides is 1. The summed E-state index contributed by atoms with van der Waals surface area (Å²) in [5, 5.41) is 11.6. The van der Waals surface area contributed by atoms with Crippen molar-refractivity contribution in [3.63, 3.8) is 0 Å². The minimum absolute atomic E-state index is 0.330. The van der Waals surface area contributed by atoms with Crippen LogP contribution in [0.1, 0.15) is 24.1 Å². The van der Waals surface area contributed by atoms with E-state index in [0.717, 1.165) is 24.1 Å². The highest BCUT2D eigenvalue weighted by molar-refractivity contribution is 5.89. The number of ether oxygens (including phenoxy) is 1. The summed E-state index contributed by atoms with van der Waals surface area (Å²) < 4.78 is 7.05. The highest BCUT2D eigenvalue weighted by Crippen LogP contribution is 2.49. The van der Waals surface area contributed by atoms with Gasteiger partial charge in [0.25, 0.3) is 5.54 Å². The minimum Gasteiger partial charge on any atom is -0.442 e. The zero-order chi connectivity index (χ0) is 18.9. The third kappa shape index (κ3) is 3.33. The molecule has 2 aromatic rings. The number of oxime groups is 1. The maximum atomic E-state index is 12.2. The van der Waals surface area contributed by atoms with Crippen LogP contribution in [-0.2, 0) is 21.7 Å². The normalized spacial score (nSPS) is 20.5. The lowest BCUT2D eigenvalue weighted by atomic mass is 10.1. The van der Waals surface area contributed by atoms with E-state index in [4.69, 9.17) is 11.3 Å². The number of hydrogen-bond acceptors (Lipinski definition) is 6. The summed E-state index contributed by atoms with van der Waals surface area (Å²) >= 11 is 0. The van der Waals surface area contributed by atoms with Crippen molar-refractivity contribution in [2.24, 2.45) is 5.16 Å². The number of aromatic nitrogens is 3. The lowest BCUT2D eigenvalue weighted by Gasteiger charge is -2.13. The largest absolute Gasteiger partial charge is 0.442 e. The van der Waals surface area contributed by atoms with E-state index in [1.54, 1.807) is 15.8 Å². The molecule has 1 aromatic heterocycles. The maximum Gasteiger partial charge on any atom is 0.414 e. The quantitative estimate of drug-likeness (QED) is 0.444. The molecule has 0 unspecified atom stereocenters. The van der Waals surface area contributed by atoms with Crippen LogP contribution < -0.4 is 4.90 Å². The van der Waals surface area contributed by atoms with Gasteiger partial charge in [-0.15, -0.1) is 5.10 Å². The molecule has 1 aromatic carbocycles. The Hall–Kier alpha value is -3.41. The molecular weight excluding hydrogens is 348 g/mol. The Labute approximate surface area is 156 Å². The highest BCUT2D eigenvalue weighted by atomic mass is 16.6. The van der Waals surface area contributed by atoms with E-state index in [0.29, 0.717) is 18.8 Å². The summed E-state index contributed by atoms with van der Waals surface area (Å²) in [4.78, 5) is 22.2. The molecular formula is C18H18N6O3. The third-order valence-electron chi connectivity index (χ3n) is 4.77. The molecule has 0 bridgehead atoms. The molecule has 2 heterocycles. The second-order valence-corrected chi connectivity index (χ2v) is 6.59. The monoisotopic (exact) mass is 366 g/mol. The molecule has 138 valence electrons. The molecule has 1 saturated carbocycles. The molecule has 2 aliphatic rings. The van der Waals surface area contributed by atoms with Crippen molar-refractivity contribution in [3.05, 3.63) is 53.1 Å². The molecule has 1 aliphatic heterocycles. The van der Waals surface area contributed by atoms with Gasteiger partial charge in [-0.25, -0.2) is 16.0 Å². The van der Waals surface area contributed by atoms with Crippen LogP contribution in [0.25, 0.3) is 4.85 Å². The summed E-state index contributed by atoms with van der Waals surface area (Å²) in [5.74, 6) is 0. The van der Waals surface area contributed by atoms with Crippen LogP contribution in [0.2, 0.25) is 0 Å². The molecule has 4 rings (SSSR count). The van der Waals surface area contributed by atoms with Gasteiger partial charge >= 0.3 is 6.09 Å². The average molecular weight is 366 g/mol. The van der Waals surface area contributed by atoms with Gasteiger partial charge in [0.05, 0.1) is 25.5 Å². The molecule has 0 radical (unpaired) electrons. The molecule has 1 aliphatic carbocycles. The molecule has 2 fully saturated rings. The van der Waals surface area contributed by atoms with Gasteiger partial charge < -0.3 is 14.4 Å². The smallest absolute Gasteiger partial charge is 0.414 e. The molecule has 9 heteroatoms. The van der Waals surface area contributed by atoms with E-state index in [2.05, 4.69) is 25.2 Å². The van der Waals surface area contributed by atoms with Crippen molar-refractivity contribution in [2.45, 2.75) is 31.0 Å². The lowest BCUT2D eigenvalue weighted by molar-refractivity contribution is 0.129. The molecule has 1 saturated heterocycles. The van der Waals surface area contributed by atoms with Gasteiger partial charge in [0.2, 0.25) is 0 Å². The molecule has 27 heavy (non-hydrogen) atoms. The van der Waals surface area contributed by atoms with Crippen molar-refractivity contribution < 1.29 is 14.4 Å². The molecule has 0 spiro atoms. The van der Waals surface area contributed by atoms with Crippen LogP contribution in [0.15, 0.2) is 35.6 Å². The van der Waals surface area contributed by atoms with Gasteiger partial charge in [-0.05, 0) is 24.3 Å². The molecule has 0 N–H and O–H groups in total. The summed E-state index contributed by atoms with van der Waals surface area (Å²) in [6.07, 6.45) is 4.24. The molecule has 1 atom stereocenters. The van der Waals surface area contributed by atoms with E-state index in [9.17, 15) is 4.79 Å². The number of rotatable bonds is 6. The Morgan fingerprint density at radius 2 is 2.22 bits per heavy atom. The van der Waals surface area contributed by atoms with Crippen molar-refractivity contribution in [1.82, 2.24) is 15.0 Å². The highest BCUT2D eigenvalue weighted by Gasteiger charge is 2.52. The fourth-order valence-corrected chi connectivity index (χ4v) is 3.14. The number of benzene rings is 1. The van der Waals surface area contributed by atoms with Crippen LogP contribution in [0, 0.1) is 6.57 Å². The van der Waals surface area contributed by atoms with Gasteiger partial charge in [0, 0.05) is 24.1 Å². The van der Waals surface area contributed by atoms with Crippen molar-refractivity contribution in [1.29, 1.82) is 0 Å². The van der Waals surface area contributed by atoms with Gasteiger partial charge in [-0.1, -0.05) is 10.4 Å². The third-order valence-corrected chi connectivity index (χ3v) is 4.77. The number of cyclic esters (lactones) is 1. The molecule has 9 nitrogen and oxygen atoms in total. The maximum absolute atomic E-state index is 12.2. The Morgan fingerprint density at radius 1 is 1.44 bits per heavy atom. The van der Waals surface area contributed by atoms with Gasteiger partial charge in [-0.3, -0.25) is 4.90 Å². The number of carbonyl (C=O) groups excluding carboxylic acids is 1. The fraction of sp³-hybridized carbons (Fsp3) is 0.389. The Morgan fingerprint density at radius 3 is 2.89 bits per heavy atom. The SMILES string of the molecule is [C-]#[N+]C1(c2ccc(N3C[C@H](Cn4cc(/C=N\OC)nn4)OC3=O)cc2)CC1. The van der Waals surface area contributed by atoms with Crippen LogP contribution >= 0.6 is 0 Å².